The molecule has 3 aromatic rings. The molecule has 0 spiro atoms. The van der Waals surface area contributed by atoms with Gasteiger partial charge in [0.25, 0.3) is 11.5 Å². The van der Waals surface area contributed by atoms with Crippen LogP contribution in [0.15, 0.2) is 47.7 Å². The molecule has 0 N–H and O–H groups in total. The van der Waals surface area contributed by atoms with E-state index in [1.54, 1.807) is 36.7 Å². The first-order valence-corrected chi connectivity index (χ1v) is 11.0. The summed E-state index contributed by atoms with van der Waals surface area (Å²) in [5.74, 6) is -3.20. The molecule has 1 amide bonds. The largest absolute Gasteiger partial charge is 0.491 e. The van der Waals surface area contributed by atoms with E-state index in [2.05, 4.69) is 4.98 Å². The van der Waals surface area contributed by atoms with Gasteiger partial charge in [-0.2, -0.15) is 13.2 Å². The van der Waals surface area contributed by atoms with Gasteiger partial charge in [0.15, 0.2) is 0 Å². The monoisotopic (exact) mass is 492 g/mol. The molecule has 7 nitrogen and oxygen atoms in total. The fourth-order valence-electron chi connectivity index (χ4n) is 4.07. The SMILES string of the molecule is Cc1cn(-c2ccc3n(c2=O)CCN([C@@H](C)COc2ccc(F)cc2C(C)C(F)(F)F)C3=O)cn1. The van der Waals surface area contributed by atoms with Gasteiger partial charge in [0.2, 0.25) is 0 Å². The van der Waals surface area contributed by atoms with Crippen molar-refractivity contribution in [2.24, 2.45) is 0 Å². The first kappa shape index (κ1) is 24.5. The average Bonchev–Trinajstić information content (AvgIpc) is 3.23. The Morgan fingerprint density at radius 3 is 2.51 bits per heavy atom. The van der Waals surface area contributed by atoms with E-state index >= 15 is 0 Å². The van der Waals surface area contributed by atoms with Crippen molar-refractivity contribution in [3.05, 3.63) is 76.0 Å². The number of hydrogen-bond donors (Lipinski definition) is 0. The molecule has 0 bridgehead atoms. The topological polar surface area (TPSA) is 69.4 Å². The zero-order valence-electron chi connectivity index (χ0n) is 19.3. The zero-order valence-corrected chi connectivity index (χ0v) is 19.3. The lowest BCUT2D eigenvalue weighted by Crippen LogP contribution is -2.50. The van der Waals surface area contributed by atoms with Gasteiger partial charge in [-0.1, -0.05) is 0 Å². The summed E-state index contributed by atoms with van der Waals surface area (Å²) in [5.41, 5.74) is 0.691. The van der Waals surface area contributed by atoms with E-state index in [-0.39, 0.29) is 48.2 Å². The molecule has 1 aliphatic heterocycles. The highest BCUT2D eigenvalue weighted by molar-refractivity contribution is 5.93. The number of ether oxygens (including phenoxy) is 1. The van der Waals surface area contributed by atoms with Gasteiger partial charge in [0.05, 0.1) is 24.0 Å². The number of aryl methyl sites for hydroxylation is 1. The summed E-state index contributed by atoms with van der Waals surface area (Å²) in [4.78, 5) is 31.7. The predicted molar refractivity (Wildman–Crippen MR) is 119 cm³/mol. The number of aromatic nitrogens is 3. The number of rotatable bonds is 6. The van der Waals surface area contributed by atoms with Gasteiger partial charge >= 0.3 is 6.18 Å². The van der Waals surface area contributed by atoms with Crippen LogP contribution in [-0.2, 0) is 6.54 Å². The molecule has 1 unspecified atom stereocenters. The molecule has 0 saturated carbocycles. The van der Waals surface area contributed by atoms with Crippen LogP contribution in [0.5, 0.6) is 5.75 Å². The molecule has 0 aliphatic carbocycles. The van der Waals surface area contributed by atoms with Crippen LogP contribution in [0.2, 0.25) is 0 Å². The summed E-state index contributed by atoms with van der Waals surface area (Å²) in [6.45, 7) is 4.80. The quantitative estimate of drug-likeness (QED) is 0.487. The molecular formula is C24H24F4N4O3. The molecule has 1 aromatic carbocycles. The number of hydrogen-bond acceptors (Lipinski definition) is 4. The fraction of sp³-hybridized carbons (Fsp3) is 0.375. The van der Waals surface area contributed by atoms with Crippen molar-refractivity contribution in [2.75, 3.05) is 13.2 Å². The Labute approximate surface area is 198 Å². The van der Waals surface area contributed by atoms with Gasteiger partial charge in [0, 0.05) is 24.8 Å². The number of alkyl halides is 3. The second kappa shape index (κ2) is 9.20. The molecule has 0 radical (unpaired) electrons. The number of halogens is 4. The van der Waals surface area contributed by atoms with Crippen LogP contribution in [0.3, 0.4) is 0 Å². The van der Waals surface area contributed by atoms with Crippen molar-refractivity contribution in [1.82, 2.24) is 19.0 Å². The maximum atomic E-state index is 13.6. The van der Waals surface area contributed by atoms with Crippen LogP contribution in [0.4, 0.5) is 17.6 Å². The minimum Gasteiger partial charge on any atom is -0.491 e. The van der Waals surface area contributed by atoms with Crippen LogP contribution in [-0.4, -0.2) is 50.3 Å². The molecule has 2 atom stereocenters. The van der Waals surface area contributed by atoms with Gasteiger partial charge in [-0.3, -0.25) is 9.59 Å². The van der Waals surface area contributed by atoms with Gasteiger partial charge in [0.1, 0.15) is 29.6 Å². The minimum atomic E-state index is -4.56. The lowest BCUT2D eigenvalue weighted by atomic mass is 9.99. The highest BCUT2D eigenvalue weighted by Gasteiger charge is 2.39. The third-order valence-corrected chi connectivity index (χ3v) is 6.13. The highest BCUT2D eigenvalue weighted by atomic mass is 19.4. The Morgan fingerprint density at radius 1 is 1.11 bits per heavy atom. The standard InChI is InChI=1S/C24H24F4N4O3/c1-14-11-30(13-29-14)19-5-6-20-23(34)31(8-9-32(20)22(19)33)15(2)12-35-21-7-4-17(25)10-18(21)16(3)24(26,27)28/h4-7,10-11,13,15-16H,8-9,12H2,1-3H3/t15-,16?/m0/s1. The molecule has 1 aliphatic rings. The van der Waals surface area contributed by atoms with Crippen LogP contribution >= 0.6 is 0 Å². The number of carbonyl (C=O) groups excluding carboxylic acids is 1. The van der Waals surface area contributed by atoms with Crippen LogP contribution in [0.25, 0.3) is 5.69 Å². The van der Waals surface area contributed by atoms with Gasteiger partial charge < -0.3 is 18.8 Å². The second-order valence-corrected chi connectivity index (χ2v) is 8.59. The molecule has 4 rings (SSSR count). The number of amides is 1. The van der Waals surface area contributed by atoms with Gasteiger partial charge in [-0.25, -0.2) is 9.37 Å². The van der Waals surface area contributed by atoms with E-state index in [0.717, 1.165) is 30.8 Å². The summed E-state index contributed by atoms with van der Waals surface area (Å²) >= 11 is 0. The van der Waals surface area contributed by atoms with Gasteiger partial charge in [-0.05, 0) is 51.1 Å². The molecule has 3 heterocycles. The molecule has 0 saturated heterocycles. The predicted octanol–water partition coefficient (Wildman–Crippen LogP) is 4.07. The summed E-state index contributed by atoms with van der Waals surface area (Å²) in [6, 6.07) is 5.61. The van der Waals surface area contributed by atoms with Crippen molar-refractivity contribution >= 4 is 5.91 Å². The maximum absolute atomic E-state index is 13.6. The smallest absolute Gasteiger partial charge is 0.395 e. The normalized spacial score (nSPS) is 15.6. The number of benzene rings is 1. The van der Waals surface area contributed by atoms with E-state index < -0.39 is 24.0 Å². The van der Waals surface area contributed by atoms with Crippen molar-refractivity contribution in [3.63, 3.8) is 0 Å². The first-order chi connectivity index (χ1) is 16.5. The highest BCUT2D eigenvalue weighted by Crippen LogP contribution is 2.39. The number of nitrogens with zero attached hydrogens (tertiary/aromatic N) is 4. The average molecular weight is 492 g/mol. The Kier molecular flexibility index (Phi) is 6.44. The van der Waals surface area contributed by atoms with E-state index in [9.17, 15) is 27.2 Å². The number of carbonyl (C=O) groups is 1. The Hall–Kier alpha value is -3.63. The fourth-order valence-corrected chi connectivity index (χ4v) is 4.07. The number of fused-ring (bicyclic) bond motifs is 1. The lowest BCUT2D eigenvalue weighted by Gasteiger charge is -2.34. The molecule has 186 valence electrons. The second-order valence-electron chi connectivity index (χ2n) is 8.59. The van der Waals surface area contributed by atoms with Crippen molar-refractivity contribution < 1.29 is 27.1 Å². The molecule has 35 heavy (non-hydrogen) atoms. The van der Waals surface area contributed by atoms with Gasteiger partial charge in [-0.15, -0.1) is 0 Å². The zero-order chi connectivity index (χ0) is 25.5. The Bertz CT molecular complexity index is 1310. The third-order valence-electron chi connectivity index (χ3n) is 6.13. The summed E-state index contributed by atoms with van der Waals surface area (Å²) in [7, 11) is 0. The van der Waals surface area contributed by atoms with Crippen LogP contribution < -0.4 is 10.3 Å². The Balaban J connectivity index is 1.51. The van der Waals surface area contributed by atoms with E-state index in [1.807, 2.05) is 0 Å². The molecule has 0 fully saturated rings. The van der Waals surface area contributed by atoms with E-state index in [0.29, 0.717) is 5.69 Å². The first-order valence-electron chi connectivity index (χ1n) is 11.0. The molecule has 2 aromatic heterocycles. The van der Waals surface area contributed by atoms with E-state index in [1.165, 1.54) is 15.8 Å². The van der Waals surface area contributed by atoms with Crippen LogP contribution in [0, 0.1) is 12.7 Å². The van der Waals surface area contributed by atoms with Crippen molar-refractivity contribution in [2.45, 2.75) is 45.5 Å². The third kappa shape index (κ3) is 4.80. The summed E-state index contributed by atoms with van der Waals surface area (Å²) in [6.07, 6.45) is -1.33. The lowest BCUT2D eigenvalue weighted by molar-refractivity contribution is -0.146. The van der Waals surface area contributed by atoms with E-state index in [4.69, 9.17) is 4.74 Å². The summed E-state index contributed by atoms with van der Waals surface area (Å²) < 4.78 is 62.0. The van der Waals surface area contributed by atoms with Crippen LogP contribution in [0.1, 0.15) is 41.5 Å². The number of pyridine rings is 1. The molecule has 11 heteroatoms. The number of imidazole rings is 1. The summed E-state index contributed by atoms with van der Waals surface area (Å²) in [5, 5.41) is 0. The maximum Gasteiger partial charge on any atom is 0.395 e. The van der Waals surface area contributed by atoms with Crippen molar-refractivity contribution in [1.29, 1.82) is 0 Å². The Morgan fingerprint density at radius 2 is 1.86 bits per heavy atom. The molecular weight excluding hydrogens is 468 g/mol. The minimum absolute atomic E-state index is 0.0931. The van der Waals surface area contributed by atoms with Crippen molar-refractivity contribution in [3.8, 4) is 11.4 Å².